The number of amides is 1. The molecule has 1 aromatic carbocycles. The van der Waals surface area contributed by atoms with Crippen molar-refractivity contribution >= 4 is 12.0 Å². The molecular formula is C20H29N3O. The number of benzene rings is 1. The van der Waals surface area contributed by atoms with Crippen LogP contribution in [0.2, 0.25) is 0 Å². The van der Waals surface area contributed by atoms with Crippen LogP contribution in [0.15, 0.2) is 30.8 Å². The van der Waals surface area contributed by atoms with Crippen molar-refractivity contribution in [3.63, 3.8) is 0 Å². The van der Waals surface area contributed by atoms with Crippen molar-refractivity contribution < 1.29 is 4.79 Å². The van der Waals surface area contributed by atoms with Crippen molar-refractivity contribution in [3.05, 3.63) is 42.0 Å². The van der Waals surface area contributed by atoms with Crippen molar-refractivity contribution in [2.45, 2.75) is 25.8 Å². The van der Waals surface area contributed by atoms with E-state index in [-0.39, 0.29) is 11.8 Å². The summed E-state index contributed by atoms with van der Waals surface area (Å²) >= 11 is 0. The quantitative estimate of drug-likeness (QED) is 0.842. The predicted molar refractivity (Wildman–Crippen MR) is 98.5 cm³/mol. The molecule has 2 N–H and O–H groups in total. The van der Waals surface area contributed by atoms with E-state index in [9.17, 15) is 4.79 Å². The van der Waals surface area contributed by atoms with Gasteiger partial charge in [-0.05, 0) is 55.9 Å². The molecule has 2 aliphatic rings. The molecule has 0 saturated carbocycles. The lowest BCUT2D eigenvalue weighted by atomic mass is 9.97. The van der Waals surface area contributed by atoms with Gasteiger partial charge in [0.25, 0.3) is 0 Å². The van der Waals surface area contributed by atoms with Crippen molar-refractivity contribution in [2.24, 2.45) is 11.8 Å². The molecule has 130 valence electrons. The molecule has 0 spiro atoms. The van der Waals surface area contributed by atoms with Gasteiger partial charge in [-0.25, -0.2) is 0 Å². The number of carbonyl (C=O) groups excluding carboxylic acids is 1. The Labute approximate surface area is 145 Å². The Morgan fingerprint density at radius 2 is 2.17 bits per heavy atom. The molecule has 4 nitrogen and oxygen atoms in total. The summed E-state index contributed by atoms with van der Waals surface area (Å²) in [5.74, 6) is 1.05. The van der Waals surface area contributed by atoms with Crippen LogP contribution in [0.4, 0.5) is 0 Å². The molecule has 0 aliphatic carbocycles. The average molecular weight is 327 g/mol. The largest absolute Gasteiger partial charge is 0.356 e. The average Bonchev–Trinajstić information content (AvgIpc) is 3.08. The van der Waals surface area contributed by atoms with Crippen LogP contribution in [0.3, 0.4) is 0 Å². The van der Waals surface area contributed by atoms with Crippen molar-refractivity contribution in [1.29, 1.82) is 0 Å². The molecule has 2 heterocycles. The van der Waals surface area contributed by atoms with Gasteiger partial charge in [0, 0.05) is 25.6 Å². The maximum absolute atomic E-state index is 12.2. The number of hydrogen-bond donors (Lipinski definition) is 2. The summed E-state index contributed by atoms with van der Waals surface area (Å²) in [6, 6.07) is 8.57. The maximum atomic E-state index is 12.2. The molecule has 4 heteroatoms. The third-order valence-corrected chi connectivity index (χ3v) is 5.24. The predicted octanol–water partition coefficient (Wildman–Crippen LogP) is 2.27. The van der Waals surface area contributed by atoms with E-state index in [4.69, 9.17) is 0 Å². The standard InChI is InChI=1S/C20H29N3O/c1-2-16-4-3-5-17(12-16)14-23-11-8-18(15-23)13-22-20(24)19-6-9-21-10-7-19/h2-5,12,18-19,21H,1,6-11,13-15H2,(H,22,24)/t18-/m1/s1. The third kappa shape index (κ3) is 4.68. The number of nitrogens with one attached hydrogen (secondary N) is 2. The molecule has 1 atom stereocenters. The Kier molecular flexibility index (Phi) is 6.05. The molecule has 0 radical (unpaired) electrons. The Morgan fingerprint density at radius 3 is 2.96 bits per heavy atom. The summed E-state index contributed by atoms with van der Waals surface area (Å²) in [5, 5.41) is 6.50. The molecule has 0 aromatic heterocycles. The number of likely N-dealkylation sites (tertiary alicyclic amines) is 1. The minimum absolute atomic E-state index is 0.213. The lowest BCUT2D eigenvalue weighted by Crippen LogP contribution is -2.40. The van der Waals surface area contributed by atoms with Gasteiger partial charge in [0.2, 0.25) is 5.91 Å². The van der Waals surface area contributed by atoms with Gasteiger partial charge in [-0.1, -0.05) is 36.9 Å². The first-order valence-corrected chi connectivity index (χ1v) is 9.17. The zero-order chi connectivity index (χ0) is 16.8. The van der Waals surface area contributed by atoms with Crippen molar-refractivity contribution in [2.75, 3.05) is 32.7 Å². The Hall–Kier alpha value is -1.65. The molecule has 0 bridgehead atoms. The van der Waals surface area contributed by atoms with E-state index in [2.05, 4.69) is 46.4 Å². The highest BCUT2D eigenvalue weighted by molar-refractivity contribution is 5.78. The fraction of sp³-hybridized carbons (Fsp3) is 0.550. The smallest absolute Gasteiger partial charge is 0.223 e. The third-order valence-electron chi connectivity index (χ3n) is 5.24. The highest BCUT2D eigenvalue weighted by Crippen LogP contribution is 2.19. The van der Waals surface area contributed by atoms with Gasteiger partial charge in [-0.3, -0.25) is 9.69 Å². The van der Waals surface area contributed by atoms with Crippen LogP contribution < -0.4 is 10.6 Å². The maximum Gasteiger partial charge on any atom is 0.223 e. The summed E-state index contributed by atoms with van der Waals surface area (Å²) in [6.45, 7) is 9.78. The number of nitrogens with zero attached hydrogens (tertiary/aromatic N) is 1. The topological polar surface area (TPSA) is 44.4 Å². The van der Waals surface area contributed by atoms with Gasteiger partial charge in [-0.2, -0.15) is 0 Å². The van der Waals surface area contributed by atoms with Crippen LogP contribution in [-0.2, 0) is 11.3 Å². The minimum Gasteiger partial charge on any atom is -0.356 e. The normalized spacial score (nSPS) is 22.4. The van der Waals surface area contributed by atoms with E-state index >= 15 is 0 Å². The zero-order valence-corrected chi connectivity index (χ0v) is 14.5. The molecular weight excluding hydrogens is 298 g/mol. The van der Waals surface area contributed by atoms with Crippen LogP contribution in [0.1, 0.15) is 30.4 Å². The Balaban J connectivity index is 1.41. The SMILES string of the molecule is C=Cc1cccc(CN2CC[C@H](CNC(=O)C3CCNCC3)C2)c1. The van der Waals surface area contributed by atoms with E-state index in [1.165, 1.54) is 17.5 Å². The highest BCUT2D eigenvalue weighted by atomic mass is 16.1. The summed E-state index contributed by atoms with van der Waals surface area (Å²) in [6.07, 6.45) is 5.02. The van der Waals surface area contributed by atoms with Gasteiger partial charge >= 0.3 is 0 Å². The summed E-state index contributed by atoms with van der Waals surface area (Å²) < 4.78 is 0. The first-order valence-electron chi connectivity index (χ1n) is 9.17. The summed E-state index contributed by atoms with van der Waals surface area (Å²) in [7, 11) is 0. The second kappa shape index (κ2) is 8.45. The molecule has 2 fully saturated rings. The lowest BCUT2D eigenvalue weighted by molar-refractivity contribution is -0.125. The molecule has 1 aromatic rings. The number of carbonyl (C=O) groups is 1. The number of rotatable bonds is 6. The summed E-state index contributed by atoms with van der Waals surface area (Å²) in [5.41, 5.74) is 2.52. The second-order valence-corrected chi connectivity index (χ2v) is 7.11. The fourth-order valence-corrected chi connectivity index (χ4v) is 3.77. The van der Waals surface area contributed by atoms with E-state index in [1.807, 2.05) is 6.08 Å². The Bertz CT molecular complexity index is 566. The molecule has 24 heavy (non-hydrogen) atoms. The first-order chi connectivity index (χ1) is 11.7. The lowest BCUT2D eigenvalue weighted by Gasteiger charge is -2.22. The Morgan fingerprint density at radius 1 is 1.33 bits per heavy atom. The van der Waals surface area contributed by atoms with Crippen molar-refractivity contribution in [1.82, 2.24) is 15.5 Å². The minimum atomic E-state index is 0.213. The van der Waals surface area contributed by atoms with E-state index in [1.54, 1.807) is 0 Å². The number of piperidine rings is 1. The molecule has 2 saturated heterocycles. The van der Waals surface area contributed by atoms with Gasteiger partial charge in [0.05, 0.1) is 0 Å². The monoisotopic (exact) mass is 327 g/mol. The summed E-state index contributed by atoms with van der Waals surface area (Å²) in [4.78, 5) is 14.7. The number of hydrogen-bond acceptors (Lipinski definition) is 3. The van der Waals surface area contributed by atoms with Gasteiger partial charge in [0.15, 0.2) is 0 Å². The highest BCUT2D eigenvalue weighted by Gasteiger charge is 2.25. The van der Waals surface area contributed by atoms with Gasteiger partial charge in [-0.15, -0.1) is 0 Å². The van der Waals surface area contributed by atoms with Crippen LogP contribution in [0.5, 0.6) is 0 Å². The zero-order valence-electron chi connectivity index (χ0n) is 14.5. The van der Waals surface area contributed by atoms with Gasteiger partial charge < -0.3 is 10.6 Å². The fourth-order valence-electron chi connectivity index (χ4n) is 3.77. The van der Waals surface area contributed by atoms with E-state index in [0.717, 1.165) is 52.1 Å². The van der Waals surface area contributed by atoms with Crippen LogP contribution in [0, 0.1) is 11.8 Å². The molecule has 0 unspecified atom stereocenters. The van der Waals surface area contributed by atoms with Gasteiger partial charge in [0.1, 0.15) is 0 Å². The van der Waals surface area contributed by atoms with Crippen LogP contribution in [-0.4, -0.2) is 43.5 Å². The van der Waals surface area contributed by atoms with Crippen molar-refractivity contribution in [3.8, 4) is 0 Å². The second-order valence-electron chi connectivity index (χ2n) is 7.11. The molecule has 2 aliphatic heterocycles. The first kappa shape index (κ1) is 17.2. The molecule has 1 amide bonds. The van der Waals surface area contributed by atoms with Crippen LogP contribution in [0.25, 0.3) is 6.08 Å². The molecule has 3 rings (SSSR count). The van der Waals surface area contributed by atoms with E-state index in [0.29, 0.717) is 5.92 Å². The van der Waals surface area contributed by atoms with Crippen LogP contribution >= 0.6 is 0 Å². The van der Waals surface area contributed by atoms with E-state index < -0.39 is 0 Å².